The fourth-order valence-electron chi connectivity index (χ4n) is 2.44. The van der Waals surface area contributed by atoms with E-state index in [9.17, 15) is 5.11 Å². The molecule has 0 aliphatic heterocycles. The minimum atomic E-state index is -0.653. The van der Waals surface area contributed by atoms with Crippen LogP contribution in [0.25, 0.3) is 0 Å². The van der Waals surface area contributed by atoms with Crippen LogP contribution in [0.15, 0.2) is 6.20 Å². The van der Waals surface area contributed by atoms with E-state index in [1.807, 2.05) is 20.9 Å². The quantitative estimate of drug-likeness (QED) is 0.838. The summed E-state index contributed by atoms with van der Waals surface area (Å²) in [6.07, 6.45) is 0.983. The molecule has 5 nitrogen and oxygen atoms in total. The van der Waals surface area contributed by atoms with Gasteiger partial charge in [-0.1, -0.05) is 13.8 Å². The summed E-state index contributed by atoms with van der Waals surface area (Å²) in [5.41, 5.74) is 0.347. The minimum absolute atomic E-state index is 0.370. The average Bonchev–Trinajstić information content (AvgIpc) is 2.70. The van der Waals surface area contributed by atoms with Gasteiger partial charge in [0.2, 0.25) is 0 Å². The highest BCUT2D eigenvalue weighted by Crippen LogP contribution is 2.35. The van der Waals surface area contributed by atoms with Crippen LogP contribution in [0, 0.1) is 0 Å². The van der Waals surface area contributed by atoms with Crippen LogP contribution in [0.1, 0.15) is 39.5 Å². The lowest BCUT2D eigenvalue weighted by Gasteiger charge is -2.40. The Morgan fingerprint density at radius 1 is 1.44 bits per heavy atom. The molecule has 18 heavy (non-hydrogen) atoms. The largest absolute Gasteiger partial charge is 0.493 e. The third kappa shape index (κ3) is 2.52. The topological polar surface area (TPSA) is 50.5 Å². The summed E-state index contributed by atoms with van der Waals surface area (Å²) < 4.78 is 6.94. The van der Waals surface area contributed by atoms with Crippen LogP contribution in [0.2, 0.25) is 0 Å². The Morgan fingerprint density at radius 2 is 2.00 bits per heavy atom. The van der Waals surface area contributed by atoms with Gasteiger partial charge in [0.05, 0.1) is 13.3 Å². The molecule has 1 aromatic heterocycles. The van der Waals surface area contributed by atoms with E-state index in [2.05, 4.69) is 23.8 Å². The molecule has 0 saturated heterocycles. The van der Waals surface area contributed by atoms with Crippen LogP contribution in [0.5, 0.6) is 5.75 Å². The molecule has 0 radical (unpaired) electrons. The van der Waals surface area contributed by atoms with E-state index in [-0.39, 0.29) is 5.54 Å². The Labute approximate surface area is 109 Å². The van der Waals surface area contributed by atoms with E-state index in [1.165, 1.54) is 0 Å². The van der Waals surface area contributed by atoms with E-state index < -0.39 is 6.10 Å². The number of likely N-dealkylation sites (N-methyl/N-ethyl adjacent to an activating group) is 1. The van der Waals surface area contributed by atoms with Crippen LogP contribution >= 0.6 is 0 Å². The second-order valence-electron chi connectivity index (χ2n) is 4.95. The van der Waals surface area contributed by atoms with Gasteiger partial charge in [0.15, 0.2) is 5.75 Å². The van der Waals surface area contributed by atoms with Crippen molar-refractivity contribution >= 4 is 0 Å². The van der Waals surface area contributed by atoms with E-state index in [0.717, 1.165) is 18.8 Å². The third-order valence-corrected chi connectivity index (χ3v) is 3.68. The highest BCUT2D eigenvalue weighted by Gasteiger charge is 2.37. The van der Waals surface area contributed by atoms with E-state index in [1.54, 1.807) is 18.0 Å². The number of rotatable bonds is 6. The van der Waals surface area contributed by atoms with Crippen molar-refractivity contribution in [1.82, 2.24) is 14.7 Å². The highest BCUT2D eigenvalue weighted by atomic mass is 16.5. The second kappa shape index (κ2) is 5.71. The molecule has 0 spiro atoms. The number of aryl methyl sites for hydroxylation is 1. The zero-order valence-corrected chi connectivity index (χ0v) is 12.3. The van der Waals surface area contributed by atoms with Crippen molar-refractivity contribution in [3.63, 3.8) is 0 Å². The minimum Gasteiger partial charge on any atom is -0.493 e. The summed E-state index contributed by atoms with van der Waals surface area (Å²) in [5.74, 6) is 0.630. The molecule has 0 aliphatic rings. The molecule has 1 atom stereocenters. The van der Waals surface area contributed by atoms with Gasteiger partial charge in [-0.15, -0.1) is 0 Å². The van der Waals surface area contributed by atoms with Crippen molar-refractivity contribution in [3.8, 4) is 5.75 Å². The fraction of sp³-hybridized carbons (Fsp3) is 0.769. The molecule has 1 unspecified atom stereocenters. The summed E-state index contributed by atoms with van der Waals surface area (Å²) >= 11 is 0. The summed E-state index contributed by atoms with van der Waals surface area (Å²) in [4.78, 5) is 2.23. The van der Waals surface area contributed by atoms with Crippen molar-refractivity contribution in [3.05, 3.63) is 11.9 Å². The van der Waals surface area contributed by atoms with Crippen molar-refractivity contribution in [2.24, 2.45) is 7.05 Å². The first-order valence-electron chi connectivity index (χ1n) is 6.39. The van der Waals surface area contributed by atoms with Crippen molar-refractivity contribution in [1.29, 1.82) is 0 Å². The lowest BCUT2D eigenvalue weighted by Crippen LogP contribution is -2.48. The molecule has 0 bridgehead atoms. The maximum absolute atomic E-state index is 10.7. The van der Waals surface area contributed by atoms with Crippen LogP contribution in [-0.4, -0.2) is 45.5 Å². The molecule has 104 valence electrons. The van der Waals surface area contributed by atoms with Crippen molar-refractivity contribution in [2.45, 2.75) is 39.3 Å². The van der Waals surface area contributed by atoms with Gasteiger partial charge in [-0.05, 0) is 26.9 Å². The van der Waals surface area contributed by atoms with E-state index in [0.29, 0.717) is 5.75 Å². The molecule has 0 fully saturated rings. The van der Waals surface area contributed by atoms with Crippen LogP contribution in [0.3, 0.4) is 0 Å². The monoisotopic (exact) mass is 255 g/mol. The number of methoxy groups -OCH3 is 1. The molecule has 1 N–H and O–H groups in total. The van der Waals surface area contributed by atoms with Gasteiger partial charge >= 0.3 is 0 Å². The lowest BCUT2D eigenvalue weighted by atomic mass is 9.92. The molecule has 1 aromatic rings. The Kier molecular flexibility index (Phi) is 4.76. The number of nitrogens with zero attached hydrogens (tertiary/aromatic N) is 3. The van der Waals surface area contributed by atoms with Gasteiger partial charge in [0, 0.05) is 12.6 Å². The number of aliphatic hydroxyl groups is 1. The number of aromatic nitrogens is 2. The molecular formula is C13H25N3O2. The maximum Gasteiger partial charge on any atom is 0.162 e. The molecule has 5 heteroatoms. The number of ether oxygens (including phenoxy) is 1. The first-order valence-corrected chi connectivity index (χ1v) is 6.39. The Balaban J connectivity index is 3.11. The molecule has 1 rings (SSSR count). The smallest absolute Gasteiger partial charge is 0.162 e. The predicted molar refractivity (Wildman–Crippen MR) is 71.7 cm³/mol. The first-order chi connectivity index (χ1) is 8.39. The van der Waals surface area contributed by atoms with Crippen molar-refractivity contribution in [2.75, 3.05) is 20.2 Å². The van der Waals surface area contributed by atoms with E-state index >= 15 is 0 Å². The van der Waals surface area contributed by atoms with Crippen LogP contribution in [0.4, 0.5) is 0 Å². The number of hydrogen-bond donors (Lipinski definition) is 1. The molecule has 0 amide bonds. The summed E-state index contributed by atoms with van der Waals surface area (Å²) in [7, 11) is 3.41. The normalized spacial score (nSPS) is 14.0. The highest BCUT2D eigenvalue weighted by molar-refractivity contribution is 5.29. The van der Waals surface area contributed by atoms with Gasteiger partial charge < -0.3 is 9.84 Å². The standard InChI is InChI=1S/C13H25N3O2/c1-7-16(8-2)13(3,4)12(17)11-10(18-6)9-14-15(11)5/h9,12,17H,7-8H2,1-6H3. The average molecular weight is 255 g/mol. The van der Waals surface area contributed by atoms with Gasteiger partial charge in [-0.2, -0.15) is 5.10 Å². The molecule has 0 aromatic carbocycles. The molecule has 1 heterocycles. The number of hydrogen-bond acceptors (Lipinski definition) is 4. The molecule has 0 saturated carbocycles. The molecular weight excluding hydrogens is 230 g/mol. The zero-order chi connectivity index (χ0) is 13.9. The zero-order valence-electron chi connectivity index (χ0n) is 12.3. The van der Waals surface area contributed by atoms with Gasteiger partial charge in [-0.3, -0.25) is 9.58 Å². The lowest BCUT2D eigenvalue weighted by molar-refractivity contribution is -0.0118. The summed E-state index contributed by atoms with van der Waals surface area (Å²) in [6, 6.07) is 0. The Hall–Kier alpha value is -1.07. The predicted octanol–water partition coefficient (Wildman–Crippen LogP) is 1.58. The van der Waals surface area contributed by atoms with Gasteiger partial charge in [0.25, 0.3) is 0 Å². The Bertz CT molecular complexity index is 384. The Morgan fingerprint density at radius 3 is 2.44 bits per heavy atom. The fourth-order valence-corrected chi connectivity index (χ4v) is 2.44. The number of aliphatic hydroxyl groups excluding tert-OH is 1. The summed E-state index contributed by atoms with van der Waals surface area (Å²) in [6.45, 7) is 10.0. The SMILES string of the molecule is CCN(CC)C(C)(C)C(O)c1c(OC)cnn1C. The van der Waals surface area contributed by atoms with Crippen LogP contribution < -0.4 is 4.74 Å². The maximum atomic E-state index is 10.7. The molecule has 0 aliphatic carbocycles. The van der Waals surface area contributed by atoms with Gasteiger partial charge in [-0.25, -0.2) is 0 Å². The second-order valence-corrected chi connectivity index (χ2v) is 4.95. The first kappa shape index (κ1) is 15.0. The third-order valence-electron chi connectivity index (χ3n) is 3.68. The van der Waals surface area contributed by atoms with Crippen molar-refractivity contribution < 1.29 is 9.84 Å². The van der Waals surface area contributed by atoms with Crippen LogP contribution in [-0.2, 0) is 7.05 Å². The van der Waals surface area contributed by atoms with E-state index in [4.69, 9.17) is 4.74 Å². The van der Waals surface area contributed by atoms with Gasteiger partial charge in [0.1, 0.15) is 11.8 Å². The summed E-state index contributed by atoms with van der Waals surface area (Å²) in [5, 5.41) is 14.8.